The quantitative estimate of drug-likeness (QED) is 0.803. The first-order chi connectivity index (χ1) is 7.72. The lowest BCUT2D eigenvalue weighted by atomic mass is 10.1. The fraction of sp³-hybridized carbons (Fsp3) is 0.417. The van der Waals surface area contributed by atoms with E-state index >= 15 is 0 Å². The van der Waals surface area contributed by atoms with Gasteiger partial charge in [-0.25, -0.2) is 9.37 Å². The maximum Gasteiger partial charge on any atom is 0.198 e. The first-order valence-electron chi connectivity index (χ1n) is 5.54. The molecule has 1 aromatic heterocycles. The van der Waals surface area contributed by atoms with Gasteiger partial charge in [0.25, 0.3) is 0 Å². The summed E-state index contributed by atoms with van der Waals surface area (Å²) in [6.07, 6.45) is 2.93. The molecule has 2 unspecified atom stereocenters. The highest BCUT2D eigenvalue weighted by molar-refractivity contribution is 5.72. The lowest BCUT2D eigenvalue weighted by molar-refractivity contribution is 0.471. The van der Waals surface area contributed by atoms with Crippen molar-refractivity contribution >= 4 is 11.1 Å². The summed E-state index contributed by atoms with van der Waals surface area (Å²) in [5.74, 6) is 0.717. The van der Waals surface area contributed by atoms with Crippen molar-refractivity contribution in [1.82, 2.24) is 4.98 Å². The minimum absolute atomic E-state index is 0.247. The van der Waals surface area contributed by atoms with E-state index in [1.165, 1.54) is 12.1 Å². The second-order valence-electron chi connectivity index (χ2n) is 4.43. The van der Waals surface area contributed by atoms with E-state index in [1.807, 2.05) is 0 Å². The average Bonchev–Trinajstić information content (AvgIpc) is 2.83. The molecule has 0 saturated heterocycles. The van der Waals surface area contributed by atoms with Gasteiger partial charge in [-0.15, -0.1) is 0 Å². The van der Waals surface area contributed by atoms with Crippen LogP contribution in [0, 0.1) is 5.82 Å². The Morgan fingerprint density at radius 1 is 1.38 bits per heavy atom. The van der Waals surface area contributed by atoms with E-state index in [1.54, 1.807) is 6.07 Å². The van der Waals surface area contributed by atoms with Crippen LogP contribution in [0.25, 0.3) is 11.1 Å². The molecule has 4 heteroatoms. The lowest BCUT2D eigenvalue weighted by Crippen LogP contribution is -2.14. The highest BCUT2D eigenvalue weighted by atomic mass is 19.1. The van der Waals surface area contributed by atoms with Gasteiger partial charge in [0.15, 0.2) is 11.5 Å². The maximum atomic E-state index is 13.0. The van der Waals surface area contributed by atoms with E-state index < -0.39 is 0 Å². The third-order valence-corrected chi connectivity index (χ3v) is 3.19. The van der Waals surface area contributed by atoms with Crippen LogP contribution in [-0.2, 0) is 0 Å². The summed E-state index contributed by atoms with van der Waals surface area (Å²) in [7, 11) is 0. The summed E-state index contributed by atoms with van der Waals surface area (Å²) < 4.78 is 18.6. The topological polar surface area (TPSA) is 52.0 Å². The fourth-order valence-corrected chi connectivity index (χ4v) is 2.33. The molecule has 0 spiro atoms. The van der Waals surface area contributed by atoms with E-state index in [9.17, 15) is 4.39 Å². The molecular weight excluding hydrogens is 207 g/mol. The van der Waals surface area contributed by atoms with Gasteiger partial charge in [-0.3, -0.25) is 0 Å². The second-order valence-corrected chi connectivity index (χ2v) is 4.43. The van der Waals surface area contributed by atoms with Gasteiger partial charge in [-0.1, -0.05) is 0 Å². The molecule has 2 atom stereocenters. The maximum absolute atomic E-state index is 13.0. The second kappa shape index (κ2) is 3.56. The molecule has 1 aliphatic rings. The molecule has 0 bridgehead atoms. The Hall–Kier alpha value is -1.42. The van der Waals surface area contributed by atoms with Crippen LogP contribution in [0.5, 0.6) is 0 Å². The van der Waals surface area contributed by atoms with E-state index in [2.05, 4.69) is 4.98 Å². The number of hydrogen-bond acceptors (Lipinski definition) is 3. The van der Waals surface area contributed by atoms with Crippen molar-refractivity contribution in [3.8, 4) is 0 Å². The zero-order chi connectivity index (χ0) is 11.1. The van der Waals surface area contributed by atoms with E-state index in [0.29, 0.717) is 22.9 Å². The van der Waals surface area contributed by atoms with Gasteiger partial charge in [0.1, 0.15) is 11.3 Å². The van der Waals surface area contributed by atoms with E-state index in [-0.39, 0.29) is 11.9 Å². The van der Waals surface area contributed by atoms with Crippen molar-refractivity contribution < 1.29 is 8.81 Å². The molecule has 1 aliphatic carbocycles. The number of rotatable bonds is 1. The summed E-state index contributed by atoms with van der Waals surface area (Å²) in [5, 5.41) is 0. The molecule has 1 heterocycles. The van der Waals surface area contributed by atoms with Gasteiger partial charge < -0.3 is 10.2 Å². The molecule has 3 nitrogen and oxygen atoms in total. The Kier molecular flexibility index (Phi) is 2.17. The third kappa shape index (κ3) is 1.59. The number of nitrogens with zero attached hydrogens (tertiary/aromatic N) is 1. The van der Waals surface area contributed by atoms with E-state index in [0.717, 1.165) is 19.3 Å². The number of oxazole rings is 1. The Labute approximate surface area is 92.5 Å². The number of hydrogen-bond donors (Lipinski definition) is 1. The minimum Gasteiger partial charge on any atom is -0.440 e. The van der Waals surface area contributed by atoms with Gasteiger partial charge in [0.2, 0.25) is 0 Å². The van der Waals surface area contributed by atoms with Crippen LogP contribution < -0.4 is 5.73 Å². The Morgan fingerprint density at radius 3 is 3.00 bits per heavy atom. The normalized spacial score (nSPS) is 25.4. The molecule has 0 aliphatic heterocycles. The van der Waals surface area contributed by atoms with Crippen LogP contribution in [-0.4, -0.2) is 11.0 Å². The van der Waals surface area contributed by atoms with E-state index in [4.69, 9.17) is 10.2 Å². The summed E-state index contributed by atoms with van der Waals surface area (Å²) in [5.41, 5.74) is 7.09. The van der Waals surface area contributed by atoms with Gasteiger partial charge in [-0.2, -0.15) is 0 Å². The van der Waals surface area contributed by atoms with Crippen molar-refractivity contribution in [3.05, 3.63) is 29.9 Å². The SMILES string of the molecule is NC1CCC(c2nc3cc(F)ccc3o2)C1. The zero-order valence-corrected chi connectivity index (χ0v) is 8.82. The van der Waals surface area contributed by atoms with Crippen molar-refractivity contribution in [2.24, 2.45) is 5.73 Å². The van der Waals surface area contributed by atoms with Crippen LogP contribution in [0.1, 0.15) is 31.1 Å². The Morgan fingerprint density at radius 2 is 2.25 bits per heavy atom. The van der Waals surface area contributed by atoms with Crippen molar-refractivity contribution in [1.29, 1.82) is 0 Å². The summed E-state index contributed by atoms with van der Waals surface area (Å²) in [4.78, 5) is 4.33. The summed E-state index contributed by atoms with van der Waals surface area (Å²) in [6, 6.07) is 4.65. The van der Waals surface area contributed by atoms with Crippen molar-refractivity contribution in [2.75, 3.05) is 0 Å². The van der Waals surface area contributed by atoms with Crippen LogP contribution in [0.15, 0.2) is 22.6 Å². The predicted molar refractivity (Wildman–Crippen MR) is 58.5 cm³/mol. The van der Waals surface area contributed by atoms with Gasteiger partial charge >= 0.3 is 0 Å². The first-order valence-corrected chi connectivity index (χ1v) is 5.54. The number of nitrogens with two attached hydrogens (primary N) is 1. The van der Waals surface area contributed by atoms with Crippen LogP contribution in [0.2, 0.25) is 0 Å². The number of aromatic nitrogens is 1. The number of halogens is 1. The highest BCUT2D eigenvalue weighted by Gasteiger charge is 2.27. The average molecular weight is 220 g/mol. The molecule has 2 aromatic rings. The molecular formula is C12H13FN2O. The number of benzene rings is 1. The molecule has 0 amide bonds. The van der Waals surface area contributed by atoms with Gasteiger partial charge in [0, 0.05) is 18.0 Å². The molecule has 16 heavy (non-hydrogen) atoms. The molecule has 1 fully saturated rings. The predicted octanol–water partition coefficient (Wildman–Crippen LogP) is 2.56. The smallest absolute Gasteiger partial charge is 0.198 e. The molecule has 0 radical (unpaired) electrons. The van der Waals surface area contributed by atoms with Crippen molar-refractivity contribution in [2.45, 2.75) is 31.2 Å². The number of fused-ring (bicyclic) bond motifs is 1. The summed E-state index contributed by atoms with van der Waals surface area (Å²) in [6.45, 7) is 0. The van der Waals surface area contributed by atoms with Crippen LogP contribution in [0.4, 0.5) is 4.39 Å². The van der Waals surface area contributed by atoms with Crippen molar-refractivity contribution in [3.63, 3.8) is 0 Å². The standard InChI is InChI=1S/C12H13FN2O/c13-8-2-4-11-10(6-8)15-12(16-11)7-1-3-9(14)5-7/h2,4,6-7,9H,1,3,5,14H2. The lowest BCUT2D eigenvalue weighted by Gasteiger charge is -2.02. The van der Waals surface area contributed by atoms with Crippen LogP contribution in [0.3, 0.4) is 0 Å². The molecule has 2 N–H and O–H groups in total. The molecule has 84 valence electrons. The Bertz CT molecular complexity index is 523. The third-order valence-electron chi connectivity index (χ3n) is 3.19. The minimum atomic E-state index is -0.282. The largest absolute Gasteiger partial charge is 0.440 e. The molecule has 1 saturated carbocycles. The monoisotopic (exact) mass is 220 g/mol. The summed E-state index contributed by atoms with van der Waals surface area (Å²) >= 11 is 0. The molecule has 1 aromatic carbocycles. The van der Waals surface area contributed by atoms with Gasteiger partial charge in [0.05, 0.1) is 0 Å². The molecule has 3 rings (SSSR count). The first kappa shape index (κ1) is 9.78. The highest BCUT2D eigenvalue weighted by Crippen LogP contribution is 2.34. The fourth-order valence-electron chi connectivity index (χ4n) is 2.33. The zero-order valence-electron chi connectivity index (χ0n) is 8.82. The van der Waals surface area contributed by atoms with Gasteiger partial charge in [-0.05, 0) is 31.4 Å². The van der Waals surface area contributed by atoms with Crippen LogP contribution >= 0.6 is 0 Å². The Balaban J connectivity index is 1.99.